The first-order valence-corrected chi connectivity index (χ1v) is 40.3. The van der Waals surface area contributed by atoms with Crippen LogP contribution in [0.25, 0.3) is 67.3 Å². The molecule has 610 valence electrons. The number of nitrogens with zero attached hydrogens (tertiary/aromatic N) is 8. The lowest BCUT2D eigenvalue weighted by Crippen LogP contribution is -2.39. The molecule has 0 spiro atoms. The predicted molar refractivity (Wildman–Crippen MR) is 484 cm³/mol. The van der Waals surface area contributed by atoms with Gasteiger partial charge >= 0.3 is 12.1 Å². The number of hydrogen-bond donors (Lipinski definition) is 8. The summed E-state index contributed by atoms with van der Waals surface area (Å²) in [7, 11) is 0. The molecule has 6 heterocycles. The van der Waals surface area contributed by atoms with Crippen molar-refractivity contribution in [2.24, 2.45) is 0 Å². The maximum Gasteiger partial charge on any atom is 0.323 e. The summed E-state index contributed by atoms with van der Waals surface area (Å²) in [6.07, 6.45) is 7.49. The first-order valence-electron chi connectivity index (χ1n) is 39.9. The summed E-state index contributed by atoms with van der Waals surface area (Å²) in [6.45, 7) is 7.32. The molecular formula is C97H87ClN16O8. The number of amides is 6. The van der Waals surface area contributed by atoms with Gasteiger partial charge < -0.3 is 41.9 Å². The number of fused-ring (bicyclic) bond motifs is 2. The summed E-state index contributed by atoms with van der Waals surface area (Å²) in [4.78, 5) is 111. The number of halogens is 1. The molecule has 18 rings (SSSR count). The van der Waals surface area contributed by atoms with Crippen LogP contribution in [0.4, 0.5) is 38.0 Å². The zero-order valence-electron chi connectivity index (χ0n) is 67.2. The van der Waals surface area contributed by atoms with Crippen LogP contribution in [-0.2, 0) is 11.2 Å². The number of H-pyrrole nitrogens is 2. The maximum atomic E-state index is 13.5. The summed E-state index contributed by atoms with van der Waals surface area (Å²) < 4.78 is 13.6. The van der Waals surface area contributed by atoms with E-state index >= 15 is 0 Å². The van der Waals surface area contributed by atoms with Gasteiger partial charge in [-0.25, -0.2) is 47.0 Å². The topological polar surface area (TPSA) is 280 Å². The number of rotatable bonds is 17. The van der Waals surface area contributed by atoms with E-state index in [4.69, 9.17) is 11.6 Å². The average Bonchev–Trinajstić information content (AvgIpc) is 1.63. The Kier molecular flexibility index (Phi) is 24.9. The highest BCUT2D eigenvalue weighted by Gasteiger charge is 2.28. The molecular weight excluding hydrogens is 1550 g/mol. The molecule has 1 saturated carbocycles. The predicted octanol–water partition coefficient (Wildman–Crippen LogP) is 18.9. The maximum absolute atomic E-state index is 13.5. The van der Waals surface area contributed by atoms with E-state index < -0.39 is 6.03 Å². The molecule has 6 aromatic heterocycles. The van der Waals surface area contributed by atoms with E-state index in [0.29, 0.717) is 56.2 Å². The van der Waals surface area contributed by atoms with Crippen molar-refractivity contribution in [1.29, 1.82) is 0 Å². The second-order valence-corrected chi connectivity index (χ2v) is 29.5. The van der Waals surface area contributed by atoms with Crippen molar-refractivity contribution in [3.05, 3.63) is 408 Å². The third kappa shape index (κ3) is 17.9. The van der Waals surface area contributed by atoms with Gasteiger partial charge in [-0.05, 0) is 180 Å². The van der Waals surface area contributed by atoms with E-state index in [2.05, 4.69) is 41.9 Å². The van der Waals surface area contributed by atoms with Gasteiger partial charge in [0.25, 0.3) is 28.1 Å². The van der Waals surface area contributed by atoms with E-state index in [9.17, 15) is 38.4 Å². The number of nitrogens with one attached hydrogen (secondary N) is 8. The molecule has 0 unspecified atom stereocenters. The Morgan fingerprint density at radius 1 is 0.352 bits per heavy atom. The van der Waals surface area contributed by atoms with Crippen molar-refractivity contribution in [2.45, 2.75) is 72.3 Å². The van der Waals surface area contributed by atoms with Gasteiger partial charge in [0.1, 0.15) is 28.4 Å². The monoisotopic (exact) mass is 1640 g/mol. The van der Waals surface area contributed by atoms with Crippen LogP contribution in [0.2, 0.25) is 5.02 Å². The zero-order valence-corrected chi connectivity index (χ0v) is 68.0. The van der Waals surface area contributed by atoms with Gasteiger partial charge in [-0.15, -0.1) is 0 Å². The van der Waals surface area contributed by atoms with E-state index in [1.54, 1.807) is 60.7 Å². The molecule has 11 aromatic carbocycles. The van der Waals surface area contributed by atoms with Crippen molar-refractivity contribution in [3.63, 3.8) is 0 Å². The van der Waals surface area contributed by atoms with E-state index in [1.807, 2.05) is 332 Å². The Morgan fingerprint density at radius 2 is 0.697 bits per heavy atom. The average molecular weight is 1640 g/mol. The Bertz CT molecular complexity index is 6790. The van der Waals surface area contributed by atoms with Gasteiger partial charge in [-0.2, -0.15) is 0 Å². The van der Waals surface area contributed by atoms with Crippen molar-refractivity contribution < 1.29 is 19.2 Å². The molecule has 8 N–H and O–H groups in total. The standard InChI is InChI=1S/C26H22N4O2.C25H20N4O2.C23H19ClN4O2.C23H26N4O2/c1-18-25(28-24(31)16-19-17-27-23-15-9-8-14-22(19)23)26(32)30(21-12-6-3-7-13-21)29(18)20-10-4-2-5-11-20;1-17-23(27-24(30)22-16-18-10-8-9-15-21(18)26-22)25(31)29(20-13-6-3-7-14-20)28(17)19-11-4-2-5-12-19;1-16-21(26-23(30)25-18-10-8-9-17(24)15-18)22(29)28(20-13-6-3-7-14-20)27(16)19-11-4-2-5-12-19;1-17-21(25-23(29)24-18-11-5-2-6-12-18)22(28)27(20-15-9-4-10-16-20)26(17)19-13-7-3-8-14-19/h2-15,17,27H,16H2,1H3,(H,28,31);2-16,26H,1H3,(H,27,30);2-15H,1H3,(H2,25,26,30);3-4,7-10,13-16,18H,2,5-6,11-12H2,1H3,(H2,24,25,29). The summed E-state index contributed by atoms with van der Waals surface area (Å²) >= 11 is 5.97. The van der Waals surface area contributed by atoms with Crippen LogP contribution in [-0.4, -0.2) is 77.3 Å². The van der Waals surface area contributed by atoms with Crippen LogP contribution < -0.4 is 54.1 Å². The molecule has 1 aliphatic carbocycles. The molecule has 122 heavy (non-hydrogen) atoms. The van der Waals surface area contributed by atoms with Crippen molar-refractivity contribution in [2.75, 3.05) is 26.6 Å². The van der Waals surface area contributed by atoms with Crippen LogP contribution in [0.3, 0.4) is 0 Å². The normalized spacial score (nSPS) is 11.7. The molecule has 24 nitrogen and oxygen atoms in total. The minimum Gasteiger partial charge on any atom is -0.361 e. The van der Waals surface area contributed by atoms with Crippen molar-refractivity contribution >= 4 is 85.7 Å². The van der Waals surface area contributed by atoms with Gasteiger partial charge in [-0.1, -0.05) is 219 Å². The van der Waals surface area contributed by atoms with E-state index in [0.717, 1.165) is 87.2 Å². The van der Waals surface area contributed by atoms with Crippen molar-refractivity contribution in [3.8, 4) is 45.5 Å². The van der Waals surface area contributed by atoms with Gasteiger partial charge in [0.15, 0.2) is 0 Å². The third-order valence-electron chi connectivity index (χ3n) is 21.0. The number of hydrogen-bond acceptors (Lipinski definition) is 8. The van der Waals surface area contributed by atoms with E-state index in [1.165, 1.54) is 6.42 Å². The summed E-state index contributed by atoms with van der Waals surface area (Å²) in [5.41, 5.74) is 12.3. The van der Waals surface area contributed by atoms with Crippen LogP contribution >= 0.6 is 11.6 Å². The number of carbonyl (C=O) groups is 4. The number of aromatic nitrogens is 10. The quantitative estimate of drug-likeness (QED) is 0.0433. The molecule has 0 radical (unpaired) electrons. The molecule has 0 atom stereocenters. The van der Waals surface area contributed by atoms with Crippen LogP contribution in [0.15, 0.2) is 347 Å². The van der Waals surface area contributed by atoms with Crippen LogP contribution in [0, 0.1) is 27.7 Å². The smallest absolute Gasteiger partial charge is 0.323 e. The van der Waals surface area contributed by atoms with Crippen LogP contribution in [0.5, 0.6) is 0 Å². The van der Waals surface area contributed by atoms with Gasteiger partial charge in [-0.3, -0.25) is 28.8 Å². The highest BCUT2D eigenvalue weighted by Crippen LogP contribution is 2.29. The second-order valence-electron chi connectivity index (χ2n) is 29.1. The number of urea groups is 2. The lowest BCUT2D eigenvalue weighted by atomic mass is 9.96. The Labute approximate surface area is 706 Å². The minimum atomic E-state index is -0.525. The fourth-order valence-corrected chi connectivity index (χ4v) is 15.4. The first kappa shape index (κ1) is 81.5. The SMILES string of the molecule is Cc1c(NC(=O)Cc2c[nH]c3ccccc23)c(=O)n(-c2ccccc2)n1-c1ccccc1.Cc1c(NC(=O)NC2CCCCC2)c(=O)n(-c2ccccc2)n1-c1ccccc1.Cc1c(NC(=O)Nc2cccc(Cl)c2)c(=O)n(-c2ccccc2)n1-c1ccccc1.Cc1c(NC(=O)c2cc3ccccc3[nH]2)c(=O)n(-c2ccccc2)n1-c1ccccc1. The fourth-order valence-electron chi connectivity index (χ4n) is 15.2. The number of para-hydroxylation sites is 10. The van der Waals surface area contributed by atoms with Crippen LogP contribution in [0.1, 0.15) is 70.9 Å². The molecule has 25 heteroatoms. The van der Waals surface area contributed by atoms with Gasteiger partial charge in [0, 0.05) is 44.8 Å². The molecule has 0 aliphatic heterocycles. The van der Waals surface area contributed by atoms with Gasteiger partial charge in [0.2, 0.25) is 5.91 Å². The number of aromatic amines is 2. The summed E-state index contributed by atoms with van der Waals surface area (Å²) in [6, 6.07) is 99.4. The largest absolute Gasteiger partial charge is 0.361 e. The van der Waals surface area contributed by atoms with E-state index in [-0.39, 0.29) is 69.6 Å². The molecule has 6 amide bonds. The Hall–Kier alpha value is -15.7. The van der Waals surface area contributed by atoms with Crippen molar-refractivity contribution in [1.82, 2.24) is 52.7 Å². The fraction of sp³-hybridized carbons (Fsp3) is 0.113. The molecule has 17 aromatic rings. The first-order chi connectivity index (χ1) is 59.5. The number of benzene rings is 11. The second kappa shape index (κ2) is 37.3. The van der Waals surface area contributed by atoms with Gasteiger partial charge in [0.05, 0.1) is 74.7 Å². The Morgan fingerprint density at radius 3 is 1.09 bits per heavy atom. The summed E-state index contributed by atoms with van der Waals surface area (Å²) in [5.74, 6) is -0.595. The molecule has 0 saturated heterocycles. The lowest BCUT2D eigenvalue weighted by Gasteiger charge is -2.22. The minimum absolute atomic E-state index is 0.171. The highest BCUT2D eigenvalue weighted by atomic mass is 35.5. The number of carbonyl (C=O) groups excluding carboxylic acids is 4. The summed E-state index contributed by atoms with van der Waals surface area (Å²) in [5, 5.41) is 19.4. The molecule has 1 fully saturated rings. The highest BCUT2D eigenvalue weighted by molar-refractivity contribution is 6.31. The Balaban J connectivity index is 0.000000126. The third-order valence-corrected chi connectivity index (χ3v) is 21.2. The number of anilines is 5. The zero-order chi connectivity index (χ0) is 84.8. The molecule has 1 aliphatic rings. The lowest BCUT2D eigenvalue weighted by molar-refractivity contribution is -0.115. The molecule has 0 bridgehead atoms.